The second-order valence-corrected chi connectivity index (χ2v) is 5.38. The normalized spacial score (nSPS) is 16.6. The van der Waals surface area contributed by atoms with E-state index in [-0.39, 0.29) is 12.5 Å². The summed E-state index contributed by atoms with van der Waals surface area (Å²) in [5, 5.41) is 12.0. The Hall–Kier alpha value is -2.04. The minimum atomic E-state index is -0.866. The van der Waals surface area contributed by atoms with Crippen LogP contribution in [0.4, 0.5) is 10.5 Å². The Morgan fingerprint density at radius 2 is 1.85 bits per heavy atom. The number of para-hydroxylation sites is 1. The summed E-state index contributed by atoms with van der Waals surface area (Å²) in [4.78, 5) is 24.8. The molecule has 1 fully saturated rings. The second-order valence-electron chi connectivity index (χ2n) is 5.38. The molecule has 1 aliphatic rings. The van der Waals surface area contributed by atoms with Crippen molar-refractivity contribution in [1.82, 2.24) is 5.32 Å². The summed E-state index contributed by atoms with van der Waals surface area (Å²) in [5.41, 5.74) is 0.194. The van der Waals surface area contributed by atoms with Crippen molar-refractivity contribution >= 4 is 17.7 Å². The molecule has 0 spiro atoms. The van der Waals surface area contributed by atoms with Crippen LogP contribution in [0, 0.1) is 0 Å². The van der Waals surface area contributed by atoms with E-state index in [9.17, 15) is 9.59 Å². The van der Waals surface area contributed by atoms with E-state index in [1.54, 1.807) is 7.05 Å². The number of rotatable bonds is 4. The molecule has 2 amide bonds. The third-order valence-corrected chi connectivity index (χ3v) is 3.87. The fourth-order valence-electron chi connectivity index (χ4n) is 2.77. The van der Waals surface area contributed by atoms with Crippen molar-refractivity contribution in [2.24, 2.45) is 0 Å². The lowest BCUT2D eigenvalue weighted by Gasteiger charge is -2.31. The highest BCUT2D eigenvalue weighted by Crippen LogP contribution is 2.33. The summed E-state index contributed by atoms with van der Waals surface area (Å²) in [6, 6.07) is 9.05. The summed E-state index contributed by atoms with van der Waals surface area (Å²) in [6.45, 7) is 0. The number of amides is 2. The van der Waals surface area contributed by atoms with Crippen LogP contribution in [0.2, 0.25) is 0 Å². The highest BCUT2D eigenvalue weighted by atomic mass is 16.4. The van der Waals surface area contributed by atoms with Gasteiger partial charge in [-0.25, -0.2) is 4.79 Å². The van der Waals surface area contributed by atoms with Crippen LogP contribution in [-0.2, 0) is 4.79 Å². The Morgan fingerprint density at radius 3 is 2.40 bits per heavy atom. The lowest BCUT2D eigenvalue weighted by atomic mass is 9.93. The first-order chi connectivity index (χ1) is 9.52. The van der Waals surface area contributed by atoms with Crippen molar-refractivity contribution in [1.29, 1.82) is 0 Å². The van der Waals surface area contributed by atoms with Crippen LogP contribution in [0.25, 0.3) is 0 Å². The lowest BCUT2D eigenvalue weighted by molar-refractivity contribution is -0.138. The van der Waals surface area contributed by atoms with E-state index in [0.717, 1.165) is 31.4 Å². The molecular weight excluding hydrogens is 256 g/mol. The Labute approximate surface area is 118 Å². The molecule has 20 heavy (non-hydrogen) atoms. The summed E-state index contributed by atoms with van der Waals surface area (Å²) in [5.74, 6) is -0.866. The molecular formula is C15H20N2O3. The number of hydrogen-bond acceptors (Lipinski definition) is 2. The molecule has 0 saturated heterocycles. The van der Waals surface area contributed by atoms with Gasteiger partial charge in [-0.05, 0) is 25.0 Å². The van der Waals surface area contributed by atoms with Gasteiger partial charge in [-0.2, -0.15) is 0 Å². The van der Waals surface area contributed by atoms with Crippen molar-refractivity contribution in [2.75, 3.05) is 11.9 Å². The van der Waals surface area contributed by atoms with E-state index in [1.807, 2.05) is 30.3 Å². The van der Waals surface area contributed by atoms with Gasteiger partial charge in [-0.3, -0.25) is 9.69 Å². The van der Waals surface area contributed by atoms with Crippen LogP contribution in [0.1, 0.15) is 32.1 Å². The quantitative estimate of drug-likeness (QED) is 0.888. The van der Waals surface area contributed by atoms with Crippen molar-refractivity contribution in [2.45, 2.75) is 37.6 Å². The van der Waals surface area contributed by atoms with Gasteiger partial charge in [-0.15, -0.1) is 0 Å². The number of benzene rings is 1. The molecule has 0 unspecified atom stereocenters. The molecule has 5 heteroatoms. The average molecular weight is 276 g/mol. The van der Waals surface area contributed by atoms with Gasteiger partial charge < -0.3 is 10.4 Å². The van der Waals surface area contributed by atoms with E-state index < -0.39 is 11.5 Å². The van der Waals surface area contributed by atoms with Gasteiger partial charge in [-0.1, -0.05) is 31.0 Å². The molecule has 0 radical (unpaired) electrons. The van der Waals surface area contributed by atoms with Gasteiger partial charge in [0.15, 0.2) is 0 Å². The molecule has 0 atom stereocenters. The maximum Gasteiger partial charge on any atom is 0.322 e. The van der Waals surface area contributed by atoms with Crippen molar-refractivity contribution in [3.8, 4) is 0 Å². The molecule has 108 valence electrons. The molecule has 5 nitrogen and oxygen atoms in total. The fourth-order valence-corrected chi connectivity index (χ4v) is 2.77. The van der Waals surface area contributed by atoms with Crippen LogP contribution in [-0.4, -0.2) is 29.7 Å². The average Bonchev–Trinajstić information content (AvgIpc) is 2.86. The summed E-state index contributed by atoms with van der Waals surface area (Å²) < 4.78 is 0. The zero-order chi connectivity index (χ0) is 14.6. The Morgan fingerprint density at radius 1 is 1.25 bits per heavy atom. The Balaban J connectivity index is 2.07. The highest BCUT2D eigenvalue weighted by Gasteiger charge is 2.38. The molecule has 0 bridgehead atoms. The molecule has 2 rings (SSSR count). The first kappa shape index (κ1) is 14.4. The zero-order valence-corrected chi connectivity index (χ0v) is 11.6. The molecule has 1 aromatic carbocycles. The predicted molar refractivity (Wildman–Crippen MR) is 76.8 cm³/mol. The standard InChI is InChI=1S/C15H20N2O3/c1-17(12-7-3-2-4-8-12)14(20)16-15(11-13(18)19)9-5-6-10-15/h2-4,7-8H,5-6,9-11H2,1H3,(H,16,20)(H,18,19). The number of hydrogen-bond donors (Lipinski definition) is 2. The van der Waals surface area contributed by atoms with Crippen molar-refractivity contribution < 1.29 is 14.7 Å². The maximum atomic E-state index is 12.3. The summed E-state index contributed by atoms with van der Waals surface area (Å²) in [7, 11) is 1.69. The van der Waals surface area contributed by atoms with E-state index >= 15 is 0 Å². The molecule has 1 aliphatic carbocycles. The van der Waals surface area contributed by atoms with Gasteiger partial charge in [0, 0.05) is 12.7 Å². The number of anilines is 1. The number of carbonyl (C=O) groups excluding carboxylic acids is 1. The maximum absolute atomic E-state index is 12.3. The van der Waals surface area contributed by atoms with Gasteiger partial charge in [0.05, 0.1) is 12.0 Å². The Bertz CT molecular complexity index is 481. The minimum absolute atomic E-state index is 0.0125. The molecule has 0 aromatic heterocycles. The van der Waals surface area contributed by atoms with E-state index in [0.29, 0.717) is 0 Å². The van der Waals surface area contributed by atoms with Crippen molar-refractivity contribution in [3.05, 3.63) is 30.3 Å². The molecule has 1 aromatic rings. The second kappa shape index (κ2) is 5.94. The first-order valence-corrected chi connectivity index (χ1v) is 6.85. The monoisotopic (exact) mass is 276 g/mol. The number of carboxylic acids is 1. The third kappa shape index (κ3) is 3.29. The number of carbonyl (C=O) groups is 2. The number of nitrogens with one attached hydrogen (secondary N) is 1. The van der Waals surface area contributed by atoms with Crippen LogP contribution >= 0.6 is 0 Å². The van der Waals surface area contributed by atoms with Gasteiger partial charge >= 0.3 is 12.0 Å². The van der Waals surface area contributed by atoms with Gasteiger partial charge in [0.25, 0.3) is 0 Å². The fraction of sp³-hybridized carbons (Fsp3) is 0.467. The lowest BCUT2D eigenvalue weighted by Crippen LogP contribution is -2.52. The third-order valence-electron chi connectivity index (χ3n) is 3.87. The number of carboxylic acid groups (broad SMARTS) is 1. The smallest absolute Gasteiger partial charge is 0.322 e. The Kier molecular flexibility index (Phi) is 4.27. The highest BCUT2D eigenvalue weighted by molar-refractivity contribution is 5.92. The largest absolute Gasteiger partial charge is 0.481 e. The van der Waals surface area contributed by atoms with Crippen molar-refractivity contribution in [3.63, 3.8) is 0 Å². The number of aliphatic carboxylic acids is 1. The van der Waals surface area contributed by atoms with Crippen LogP contribution < -0.4 is 10.2 Å². The molecule has 2 N–H and O–H groups in total. The van der Waals surface area contributed by atoms with Crippen LogP contribution in [0.15, 0.2) is 30.3 Å². The molecule has 0 aliphatic heterocycles. The van der Waals surface area contributed by atoms with E-state index in [2.05, 4.69) is 5.32 Å². The van der Waals surface area contributed by atoms with E-state index in [4.69, 9.17) is 5.11 Å². The number of nitrogens with zero attached hydrogens (tertiary/aromatic N) is 1. The number of urea groups is 1. The molecule has 0 heterocycles. The summed E-state index contributed by atoms with van der Waals surface area (Å²) >= 11 is 0. The SMILES string of the molecule is CN(C(=O)NC1(CC(=O)O)CCCC1)c1ccccc1. The minimum Gasteiger partial charge on any atom is -0.481 e. The first-order valence-electron chi connectivity index (χ1n) is 6.85. The van der Waals surface area contributed by atoms with Gasteiger partial charge in [0.1, 0.15) is 0 Å². The van der Waals surface area contributed by atoms with Crippen LogP contribution in [0.5, 0.6) is 0 Å². The topological polar surface area (TPSA) is 69.6 Å². The zero-order valence-electron chi connectivity index (χ0n) is 11.6. The summed E-state index contributed by atoms with van der Waals surface area (Å²) in [6.07, 6.45) is 3.37. The predicted octanol–water partition coefficient (Wildman–Crippen LogP) is 2.62. The van der Waals surface area contributed by atoms with E-state index in [1.165, 1.54) is 4.90 Å². The molecule has 1 saturated carbocycles. The van der Waals surface area contributed by atoms with Crippen LogP contribution in [0.3, 0.4) is 0 Å². The van der Waals surface area contributed by atoms with Gasteiger partial charge in [0.2, 0.25) is 0 Å².